The Labute approximate surface area is 234 Å². The second-order valence-electron chi connectivity index (χ2n) is 9.93. The topological polar surface area (TPSA) is 97.1 Å². The molecule has 6 rings (SSSR count). The van der Waals surface area contributed by atoms with E-state index in [0.29, 0.717) is 35.4 Å². The fraction of sp³-hybridized carbons (Fsp3) is 0.233. The number of ether oxygens (including phenoxy) is 1. The first-order valence-electron chi connectivity index (χ1n) is 13.1. The lowest BCUT2D eigenvalue weighted by Gasteiger charge is -2.15. The summed E-state index contributed by atoms with van der Waals surface area (Å²) >= 11 is 6.33. The van der Waals surface area contributed by atoms with E-state index in [9.17, 15) is 14.0 Å². The van der Waals surface area contributed by atoms with Crippen molar-refractivity contribution in [2.24, 2.45) is 0 Å². The molecule has 1 aliphatic carbocycles. The molecule has 0 aliphatic heterocycles. The van der Waals surface area contributed by atoms with Gasteiger partial charge in [0, 0.05) is 23.8 Å². The Bertz CT molecular complexity index is 1830. The highest BCUT2D eigenvalue weighted by atomic mass is 35.5. The van der Waals surface area contributed by atoms with Crippen molar-refractivity contribution in [3.63, 3.8) is 0 Å². The molecule has 5 aromatic rings. The van der Waals surface area contributed by atoms with Crippen molar-refractivity contribution in [2.75, 3.05) is 5.73 Å². The van der Waals surface area contributed by atoms with E-state index >= 15 is 0 Å². The first-order chi connectivity index (χ1) is 19.4. The van der Waals surface area contributed by atoms with E-state index in [0.717, 1.165) is 30.0 Å². The molecule has 0 spiro atoms. The quantitative estimate of drug-likeness (QED) is 0.259. The molecule has 1 fully saturated rings. The Balaban J connectivity index is 1.41. The van der Waals surface area contributed by atoms with Gasteiger partial charge >= 0.3 is 5.69 Å². The molecular formula is C30H27ClFN5O3. The van der Waals surface area contributed by atoms with Gasteiger partial charge in [0.2, 0.25) is 0 Å². The predicted octanol–water partition coefficient (Wildman–Crippen LogP) is 5.33. The zero-order valence-corrected chi connectivity index (χ0v) is 22.6. The highest BCUT2D eigenvalue weighted by Gasteiger charge is 2.28. The molecule has 1 saturated carbocycles. The summed E-state index contributed by atoms with van der Waals surface area (Å²) in [5, 5.41) is 5.73. The summed E-state index contributed by atoms with van der Waals surface area (Å²) in [5.41, 5.74) is 7.60. The maximum absolute atomic E-state index is 14.9. The first kappa shape index (κ1) is 26.0. The van der Waals surface area contributed by atoms with Crippen LogP contribution in [0.25, 0.3) is 22.1 Å². The lowest BCUT2D eigenvalue weighted by molar-refractivity contribution is 0.0989. The fourth-order valence-corrected chi connectivity index (χ4v) is 5.36. The second kappa shape index (κ2) is 10.4. The van der Waals surface area contributed by atoms with Crippen LogP contribution in [0, 0.1) is 5.82 Å². The number of nitrogens with zero attached hydrogens (tertiary/aromatic N) is 4. The number of nitrogen functional groups attached to an aromatic ring is 1. The number of hydrogen-bond donors (Lipinski definition) is 1. The molecule has 10 heteroatoms. The number of anilines is 1. The molecule has 2 aromatic heterocycles. The third kappa shape index (κ3) is 4.71. The van der Waals surface area contributed by atoms with Gasteiger partial charge in [-0.3, -0.25) is 13.9 Å². The summed E-state index contributed by atoms with van der Waals surface area (Å²) in [6.45, 7) is 2.88. The van der Waals surface area contributed by atoms with Gasteiger partial charge in [-0.05, 0) is 72.5 Å². The Kier molecular flexibility index (Phi) is 6.77. The summed E-state index contributed by atoms with van der Waals surface area (Å²) in [4.78, 5) is 26.9. The zero-order chi connectivity index (χ0) is 28.0. The van der Waals surface area contributed by atoms with Crippen LogP contribution in [0.5, 0.6) is 0 Å². The SMILES string of the molecule is CCn1c(COCc2ccccc2)nn(-c2ccc3c(=O)n(-c4c(F)cc(N)cc4Cl)cc(C4CC4)c3c2)c1=O. The van der Waals surface area contributed by atoms with Crippen LogP contribution < -0.4 is 17.0 Å². The number of benzene rings is 3. The molecule has 204 valence electrons. The van der Waals surface area contributed by atoms with Gasteiger partial charge in [0.15, 0.2) is 11.6 Å². The highest BCUT2D eigenvalue weighted by Crippen LogP contribution is 2.43. The molecule has 3 aromatic carbocycles. The van der Waals surface area contributed by atoms with Crippen LogP contribution in [0.2, 0.25) is 5.02 Å². The van der Waals surface area contributed by atoms with Crippen molar-refractivity contribution in [3.8, 4) is 11.4 Å². The Hall–Kier alpha value is -4.21. The van der Waals surface area contributed by atoms with E-state index in [-0.39, 0.29) is 34.6 Å². The number of rotatable bonds is 8. The van der Waals surface area contributed by atoms with Gasteiger partial charge in [0.1, 0.15) is 12.3 Å². The summed E-state index contributed by atoms with van der Waals surface area (Å²) in [5.74, 6) is 0.0467. The predicted molar refractivity (Wildman–Crippen MR) is 153 cm³/mol. The maximum atomic E-state index is 14.9. The summed E-state index contributed by atoms with van der Waals surface area (Å²) < 4.78 is 24.9. The molecule has 0 atom stereocenters. The minimum atomic E-state index is -0.677. The Morgan fingerprint density at radius 1 is 1.05 bits per heavy atom. The summed E-state index contributed by atoms with van der Waals surface area (Å²) in [7, 11) is 0. The van der Waals surface area contributed by atoms with Crippen LogP contribution in [-0.4, -0.2) is 18.9 Å². The van der Waals surface area contributed by atoms with Gasteiger partial charge in [-0.1, -0.05) is 41.9 Å². The third-order valence-electron chi connectivity index (χ3n) is 7.17. The molecule has 8 nitrogen and oxygen atoms in total. The lowest BCUT2D eigenvalue weighted by Crippen LogP contribution is -2.24. The number of halogens is 2. The van der Waals surface area contributed by atoms with E-state index in [1.807, 2.05) is 37.3 Å². The molecule has 0 bridgehead atoms. The van der Waals surface area contributed by atoms with Crippen LogP contribution in [0.4, 0.5) is 10.1 Å². The first-order valence-corrected chi connectivity index (χ1v) is 13.5. The monoisotopic (exact) mass is 559 g/mol. The smallest absolute Gasteiger partial charge is 0.350 e. The largest absolute Gasteiger partial charge is 0.399 e. The van der Waals surface area contributed by atoms with Crippen LogP contribution in [0.3, 0.4) is 0 Å². The standard InChI is InChI=1S/C30H27ClFN5O3/c1-2-35-27(17-40-16-18-6-4-3-5-7-18)34-37(30(35)39)21-10-11-22-23(14-21)24(19-8-9-19)15-36(29(22)38)28-25(31)12-20(33)13-26(28)32/h3-7,10-15,19H,2,8-9,16-17,33H2,1H3. The molecule has 0 radical (unpaired) electrons. The van der Waals surface area contributed by atoms with Crippen molar-refractivity contribution >= 4 is 28.1 Å². The van der Waals surface area contributed by atoms with E-state index in [1.165, 1.54) is 15.3 Å². The summed E-state index contributed by atoms with van der Waals surface area (Å²) in [6.07, 6.45) is 3.55. The van der Waals surface area contributed by atoms with Crippen LogP contribution in [0.1, 0.15) is 42.6 Å². The Morgan fingerprint density at radius 2 is 1.82 bits per heavy atom. The van der Waals surface area contributed by atoms with E-state index < -0.39 is 11.4 Å². The number of pyridine rings is 1. The van der Waals surface area contributed by atoms with Crippen LogP contribution in [-0.2, 0) is 24.5 Å². The number of nitrogens with two attached hydrogens (primary N) is 1. The van der Waals surface area contributed by atoms with Crippen molar-refractivity contribution in [1.29, 1.82) is 0 Å². The van der Waals surface area contributed by atoms with Crippen LogP contribution >= 0.6 is 11.6 Å². The van der Waals surface area contributed by atoms with Gasteiger partial charge in [-0.25, -0.2) is 9.18 Å². The number of fused-ring (bicyclic) bond motifs is 1. The minimum absolute atomic E-state index is 0.0354. The average molecular weight is 560 g/mol. The van der Waals surface area contributed by atoms with Gasteiger partial charge in [0.05, 0.1) is 17.3 Å². The van der Waals surface area contributed by atoms with Crippen molar-refractivity contribution in [2.45, 2.75) is 45.4 Å². The van der Waals surface area contributed by atoms with Crippen molar-refractivity contribution in [1.82, 2.24) is 18.9 Å². The second-order valence-corrected chi connectivity index (χ2v) is 10.3. The third-order valence-corrected chi connectivity index (χ3v) is 7.46. The fourth-order valence-electron chi connectivity index (χ4n) is 5.05. The molecule has 2 N–H and O–H groups in total. The highest BCUT2D eigenvalue weighted by molar-refractivity contribution is 6.32. The van der Waals surface area contributed by atoms with E-state index in [4.69, 9.17) is 22.1 Å². The maximum Gasteiger partial charge on any atom is 0.350 e. The zero-order valence-electron chi connectivity index (χ0n) is 21.8. The lowest BCUT2D eigenvalue weighted by atomic mass is 10.0. The molecule has 40 heavy (non-hydrogen) atoms. The van der Waals surface area contributed by atoms with Gasteiger partial charge in [-0.15, -0.1) is 5.10 Å². The normalized spacial score (nSPS) is 13.3. The minimum Gasteiger partial charge on any atom is -0.399 e. The van der Waals surface area contributed by atoms with Gasteiger partial charge in [0.25, 0.3) is 5.56 Å². The van der Waals surface area contributed by atoms with E-state index in [1.54, 1.807) is 29.0 Å². The summed E-state index contributed by atoms with van der Waals surface area (Å²) in [6, 6.07) is 17.5. The molecule has 2 heterocycles. The Morgan fingerprint density at radius 3 is 2.52 bits per heavy atom. The van der Waals surface area contributed by atoms with Gasteiger partial charge < -0.3 is 10.5 Å². The number of hydrogen-bond acceptors (Lipinski definition) is 5. The molecule has 0 amide bonds. The van der Waals surface area contributed by atoms with Crippen LogP contribution in [0.15, 0.2) is 76.4 Å². The molecular weight excluding hydrogens is 533 g/mol. The molecule has 0 unspecified atom stereocenters. The molecule has 1 aliphatic rings. The van der Waals surface area contributed by atoms with Gasteiger partial charge in [-0.2, -0.15) is 4.68 Å². The number of aromatic nitrogens is 4. The average Bonchev–Trinajstić information content (AvgIpc) is 3.73. The molecule has 0 saturated heterocycles. The van der Waals surface area contributed by atoms with Crippen molar-refractivity contribution in [3.05, 3.63) is 115 Å². The van der Waals surface area contributed by atoms with E-state index in [2.05, 4.69) is 5.10 Å². The van der Waals surface area contributed by atoms with Crippen molar-refractivity contribution < 1.29 is 9.13 Å².